The van der Waals surface area contributed by atoms with Gasteiger partial charge in [0.2, 0.25) is 0 Å². The van der Waals surface area contributed by atoms with Crippen LogP contribution in [0.15, 0.2) is 41.3 Å². The van der Waals surface area contributed by atoms with Crippen LogP contribution < -0.4 is 5.32 Å². The molecule has 0 amide bonds. The summed E-state index contributed by atoms with van der Waals surface area (Å²) in [5.74, 6) is 0.513. The van der Waals surface area contributed by atoms with Crippen LogP contribution in [0.3, 0.4) is 0 Å². The molecule has 0 radical (unpaired) electrons. The Morgan fingerprint density at radius 1 is 1.19 bits per heavy atom. The lowest BCUT2D eigenvalue weighted by Gasteiger charge is -2.17. The molecule has 5 nitrogen and oxygen atoms in total. The fraction of sp³-hybridized carbons (Fsp3) is 0.267. The molecule has 2 aromatic heterocycles. The Morgan fingerprint density at radius 3 is 2.76 bits per heavy atom. The average Bonchev–Trinajstić information content (AvgIpc) is 3.14. The zero-order valence-corrected chi connectivity index (χ0v) is 11.2. The van der Waals surface area contributed by atoms with Crippen LogP contribution in [0, 0.1) is 5.82 Å². The first-order chi connectivity index (χ1) is 10.3. The summed E-state index contributed by atoms with van der Waals surface area (Å²) in [5.41, 5.74) is 1.70. The minimum absolute atomic E-state index is 0.0716. The predicted molar refractivity (Wildman–Crippen MR) is 75.4 cm³/mol. The van der Waals surface area contributed by atoms with E-state index < -0.39 is 0 Å². The quantitative estimate of drug-likeness (QED) is 0.798. The predicted octanol–water partition coefficient (Wildman–Crippen LogP) is 2.90. The second-order valence-corrected chi connectivity index (χ2v) is 5.41. The highest BCUT2D eigenvalue weighted by Gasteiger charge is 2.44. The first-order valence-electron chi connectivity index (χ1n) is 6.82. The van der Waals surface area contributed by atoms with Gasteiger partial charge in [0, 0.05) is 12.0 Å². The molecule has 106 valence electrons. The van der Waals surface area contributed by atoms with Crippen LogP contribution >= 0.6 is 0 Å². The highest BCUT2D eigenvalue weighted by molar-refractivity contribution is 5.84. The second-order valence-electron chi connectivity index (χ2n) is 5.41. The molecule has 0 saturated heterocycles. The number of rotatable bonds is 4. The normalized spacial score (nSPS) is 16.0. The number of anilines is 1. The number of aromatic nitrogens is 3. The number of nitrogens with one attached hydrogen (secondary N) is 1. The smallest absolute Gasteiger partial charge is 0.262 e. The van der Waals surface area contributed by atoms with E-state index >= 15 is 0 Å². The van der Waals surface area contributed by atoms with Gasteiger partial charge >= 0.3 is 0 Å². The van der Waals surface area contributed by atoms with Crippen molar-refractivity contribution in [2.45, 2.75) is 18.3 Å². The first-order valence-corrected chi connectivity index (χ1v) is 6.82. The third-order valence-corrected chi connectivity index (χ3v) is 4.07. The molecule has 21 heavy (non-hydrogen) atoms. The molecule has 0 spiro atoms. The molecule has 1 aromatic carbocycles. The summed E-state index contributed by atoms with van der Waals surface area (Å²) >= 11 is 0. The van der Waals surface area contributed by atoms with Crippen molar-refractivity contribution < 1.29 is 8.91 Å². The van der Waals surface area contributed by atoms with Gasteiger partial charge < -0.3 is 9.84 Å². The lowest BCUT2D eigenvalue weighted by atomic mass is 9.96. The van der Waals surface area contributed by atoms with Crippen molar-refractivity contribution in [3.05, 3.63) is 48.2 Å². The van der Waals surface area contributed by atoms with E-state index in [0.29, 0.717) is 5.71 Å². The molecule has 1 saturated carbocycles. The summed E-state index contributed by atoms with van der Waals surface area (Å²) in [4.78, 5) is 8.24. The Bertz CT molecular complexity index is 780. The van der Waals surface area contributed by atoms with Gasteiger partial charge in [-0.3, -0.25) is 0 Å². The third kappa shape index (κ3) is 2.12. The summed E-state index contributed by atoms with van der Waals surface area (Å²) in [5, 5.41) is 7.85. The largest absolute Gasteiger partial charge is 0.368 e. The number of halogens is 1. The van der Waals surface area contributed by atoms with Crippen molar-refractivity contribution in [1.29, 1.82) is 0 Å². The highest BCUT2D eigenvalue weighted by atomic mass is 19.1. The van der Waals surface area contributed by atoms with E-state index in [2.05, 4.69) is 20.4 Å². The second kappa shape index (κ2) is 4.51. The van der Waals surface area contributed by atoms with Crippen molar-refractivity contribution in [3.63, 3.8) is 0 Å². The zero-order valence-electron chi connectivity index (χ0n) is 11.2. The maximum absolute atomic E-state index is 13.0. The van der Waals surface area contributed by atoms with Crippen LogP contribution in [0.25, 0.3) is 11.1 Å². The standard InChI is InChI=1S/C15H13FN4O/c16-11-3-1-10(2-4-11)15(5-6-15)8-17-13-12-7-20-21-14(12)19-9-18-13/h1-4,7,9H,5-6,8H2,(H,17,18,19). The van der Waals surface area contributed by atoms with E-state index in [0.717, 1.165) is 36.2 Å². The van der Waals surface area contributed by atoms with Gasteiger partial charge in [0.15, 0.2) is 0 Å². The van der Waals surface area contributed by atoms with Gasteiger partial charge in [0.1, 0.15) is 23.3 Å². The van der Waals surface area contributed by atoms with Gasteiger partial charge in [-0.2, -0.15) is 4.98 Å². The molecule has 1 aliphatic rings. The molecule has 3 aromatic rings. The summed E-state index contributed by atoms with van der Waals surface area (Å²) in [7, 11) is 0. The Labute approximate surface area is 120 Å². The minimum atomic E-state index is -0.204. The van der Waals surface area contributed by atoms with Crippen molar-refractivity contribution in [1.82, 2.24) is 15.1 Å². The molecule has 6 heteroatoms. The molecule has 1 N–H and O–H groups in total. The van der Waals surface area contributed by atoms with Gasteiger partial charge in [-0.1, -0.05) is 17.3 Å². The van der Waals surface area contributed by atoms with Crippen LogP contribution in [-0.2, 0) is 5.41 Å². The fourth-order valence-corrected chi connectivity index (χ4v) is 2.61. The molecule has 0 unspecified atom stereocenters. The molecule has 0 atom stereocenters. The highest BCUT2D eigenvalue weighted by Crippen LogP contribution is 2.48. The van der Waals surface area contributed by atoms with E-state index in [4.69, 9.17) is 4.52 Å². The minimum Gasteiger partial charge on any atom is -0.368 e. The Kier molecular flexibility index (Phi) is 2.63. The van der Waals surface area contributed by atoms with Crippen molar-refractivity contribution >= 4 is 16.9 Å². The lowest BCUT2D eigenvalue weighted by molar-refractivity contribution is 0.448. The molecule has 0 bridgehead atoms. The lowest BCUT2D eigenvalue weighted by Crippen LogP contribution is -2.20. The van der Waals surface area contributed by atoms with Crippen LogP contribution in [-0.4, -0.2) is 21.7 Å². The van der Waals surface area contributed by atoms with E-state index in [1.807, 2.05) is 12.1 Å². The van der Waals surface area contributed by atoms with E-state index in [1.54, 1.807) is 6.20 Å². The number of nitrogens with zero attached hydrogens (tertiary/aromatic N) is 3. The van der Waals surface area contributed by atoms with Gasteiger partial charge in [0.05, 0.1) is 6.20 Å². The molecule has 0 aliphatic heterocycles. The molecular weight excluding hydrogens is 271 g/mol. The van der Waals surface area contributed by atoms with Crippen LogP contribution in [0.4, 0.5) is 10.2 Å². The first kappa shape index (κ1) is 12.3. The van der Waals surface area contributed by atoms with Gasteiger partial charge in [-0.25, -0.2) is 9.37 Å². The SMILES string of the molecule is Fc1ccc(C2(CNc3ncnc4oncc34)CC2)cc1. The topological polar surface area (TPSA) is 63.8 Å². The van der Waals surface area contributed by atoms with Gasteiger partial charge in [-0.15, -0.1) is 0 Å². The monoisotopic (exact) mass is 284 g/mol. The summed E-state index contributed by atoms with van der Waals surface area (Å²) in [6, 6.07) is 6.74. The fourth-order valence-electron chi connectivity index (χ4n) is 2.61. The van der Waals surface area contributed by atoms with Crippen molar-refractivity contribution in [2.24, 2.45) is 0 Å². The van der Waals surface area contributed by atoms with Crippen LogP contribution in [0.1, 0.15) is 18.4 Å². The number of hydrogen-bond donors (Lipinski definition) is 1. The van der Waals surface area contributed by atoms with E-state index in [-0.39, 0.29) is 11.2 Å². The Morgan fingerprint density at radius 2 is 2.00 bits per heavy atom. The van der Waals surface area contributed by atoms with E-state index in [9.17, 15) is 4.39 Å². The summed E-state index contributed by atoms with van der Waals surface area (Å²) in [6.45, 7) is 0.746. The molecule has 2 heterocycles. The van der Waals surface area contributed by atoms with E-state index in [1.165, 1.54) is 18.5 Å². The van der Waals surface area contributed by atoms with Gasteiger partial charge in [0.25, 0.3) is 5.71 Å². The average molecular weight is 284 g/mol. The molecule has 1 fully saturated rings. The number of hydrogen-bond acceptors (Lipinski definition) is 5. The molecule has 1 aliphatic carbocycles. The van der Waals surface area contributed by atoms with Crippen LogP contribution in [0.5, 0.6) is 0 Å². The third-order valence-electron chi connectivity index (χ3n) is 4.07. The molecule has 4 rings (SSSR count). The summed E-state index contributed by atoms with van der Waals surface area (Å²) < 4.78 is 18.1. The summed E-state index contributed by atoms with van der Waals surface area (Å²) in [6.07, 6.45) is 5.23. The molecular formula is C15H13FN4O. The number of benzene rings is 1. The van der Waals surface area contributed by atoms with Gasteiger partial charge in [-0.05, 0) is 30.5 Å². The van der Waals surface area contributed by atoms with Crippen molar-refractivity contribution in [3.8, 4) is 0 Å². The maximum Gasteiger partial charge on any atom is 0.262 e. The zero-order chi connectivity index (χ0) is 14.3. The Balaban J connectivity index is 1.56. The number of fused-ring (bicyclic) bond motifs is 1. The van der Waals surface area contributed by atoms with Crippen molar-refractivity contribution in [2.75, 3.05) is 11.9 Å². The Hall–Kier alpha value is -2.50. The maximum atomic E-state index is 13.0. The van der Waals surface area contributed by atoms with Crippen LogP contribution in [0.2, 0.25) is 0 Å².